The standard InChI is InChI=1S/C11H14N4/c1-8-10-6-12-7-13-11(10)15(14-8)9-4-2-3-5-9/h6-7,9H,2-5H2,1H3. The van der Waals surface area contributed by atoms with Gasteiger partial charge in [0, 0.05) is 6.20 Å². The first kappa shape index (κ1) is 8.83. The highest BCUT2D eigenvalue weighted by Crippen LogP contribution is 2.31. The molecule has 4 heteroatoms. The number of nitrogens with zero attached hydrogens (tertiary/aromatic N) is 4. The summed E-state index contributed by atoms with van der Waals surface area (Å²) in [5, 5.41) is 5.67. The summed E-state index contributed by atoms with van der Waals surface area (Å²) in [7, 11) is 0. The SMILES string of the molecule is Cc1nn(C2CCCC2)c2ncncc12. The molecule has 2 heterocycles. The highest BCUT2D eigenvalue weighted by atomic mass is 15.3. The monoisotopic (exact) mass is 202 g/mol. The Balaban J connectivity index is 2.17. The minimum Gasteiger partial charge on any atom is -0.244 e. The maximum atomic E-state index is 4.59. The van der Waals surface area contributed by atoms with Gasteiger partial charge in [-0.2, -0.15) is 5.10 Å². The third-order valence-electron chi connectivity index (χ3n) is 3.23. The molecule has 1 fully saturated rings. The summed E-state index contributed by atoms with van der Waals surface area (Å²) < 4.78 is 2.10. The van der Waals surface area contributed by atoms with E-state index in [9.17, 15) is 0 Å². The molecule has 4 nitrogen and oxygen atoms in total. The van der Waals surface area contributed by atoms with Crippen LogP contribution in [0.1, 0.15) is 37.4 Å². The van der Waals surface area contributed by atoms with Crippen molar-refractivity contribution in [2.45, 2.75) is 38.6 Å². The van der Waals surface area contributed by atoms with Crippen molar-refractivity contribution in [1.82, 2.24) is 19.7 Å². The van der Waals surface area contributed by atoms with Crippen LogP contribution in [0.4, 0.5) is 0 Å². The van der Waals surface area contributed by atoms with Gasteiger partial charge in [-0.25, -0.2) is 14.6 Å². The summed E-state index contributed by atoms with van der Waals surface area (Å²) >= 11 is 0. The molecule has 0 bridgehead atoms. The van der Waals surface area contributed by atoms with Crippen LogP contribution in [0.15, 0.2) is 12.5 Å². The average molecular weight is 202 g/mol. The van der Waals surface area contributed by atoms with Crippen molar-refractivity contribution in [1.29, 1.82) is 0 Å². The van der Waals surface area contributed by atoms with Crippen LogP contribution in [0.5, 0.6) is 0 Å². The van der Waals surface area contributed by atoms with Crippen molar-refractivity contribution in [2.24, 2.45) is 0 Å². The largest absolute Gasteiger partial charge is 0.244 e. The first-order valence-corrected chi connectivity index (χ1v) is 5.51. The van der Waals surface area contributed by atoms with Crippen molar-refractivity contribution in [3.8, 4) is 0 Å². The van der Waals surface area contributed by atoms with Gasteiger partial charge in [0.05, 0.1) is 17.1 Å². The van der Waals surface area contributed by atoms with E-state index in [4.69, 9.17) is 0 Å². The van der Waals surface area contributed by atoms with E-state index < -0.39 is 0 Å². The molecule has 3 rings (SSSR count). The molecule has 0 aromatic carbocycles. The van der Waals surface area contributed by atoms with E-state index in [1.807, 2.05) is 13.1 Å². The van der Waals surface area contributed by atoms with Crippen LogP contribution >= 0.6 is 0 Å². The van der Waals surface area contributed by atoms with Gasteiger partial charge in [-0.1, -0.05) is 12.8 Å². The van der Waals surface area contributed by atoms with Gasteiger partial charge >= 0.3 is 0 Å². The van der Waals surface area contributed by atoms with Gasteiger partial charge in [0.25, 0.3) is 0 Å². The van der Waals surface area contributed by atoms with Crippen LogP contribution < -0.4 is 0 Å². The second kappa shape index (κ2) is 3.29. The predicted octanol–water partition coefficient (Wildman–Crippen LogP) is 2.25. The van der Waals surface area contributed by atoms with Gasteiger partial charge in [-0.05, 0) is 19.8 Å². The first-order valence-electron chi connectivity index (χ1n) is 5.51. The molecule has 0 aliphatic heterocycles. The molecule has 15 heavy (non-hydrogen) atoms. The zero-order valence-corrected chi connectivity index (χ0v) is 8.85. The van der Waals surface area contributed by atoms with Gasteiger partial charge < -0.3 is 0 Å². The summed E-state index contributed by atoms with van der Waals surface area (Å²) in [6, 6.07) is 0.552. The van der Waals surface area contributed by atoms with Gasteiger partial charge in [-0.3, -0.25) is 0 Å². The van der Waals surface area contributed by atoms with E-state index in [1.165, 1.54) is 25.7 Å². The quantitative estimate of drug-likeness (QED) is 0.712. The van der Waals surface area contributed by atoms with Crippen molar-refractivity contribution in [2.75, 3.05) is 0 Å². The number of rotatable bonds is 1. The summed E-state index contributed by atoms with van der Waals surface area (Å²) in [6.07, 6.45) is 8.57. The number of aryl methyl sites for hydroxylation is 1. The Bertz CT molecular complexity index is 482. The summed E-state index contributed by atoms with van der Waals surface area (Å²) in [5.74, 6) is 0. The topological polar surface area (TPSA) is 43.6 Å². The van der Waals surface area contributed by atoms with Crippen LogP contribution in [-0.2, 0) is 0 Å². The lowest BCUT2D eigenvalue weighted by Crippen LogP contribution is -2.07. The Hall–Kier alpha value is -1.45. The fraction of sp³-hybridized carbons (Fsp3) is 0.545. The first-order chi connectivity index (χ1) is 7.36. The van der Waals surface area contributed by atoms with E-state index in [-0.39, 0.29) is 0 Å². The molecule has 2 aromatic heterocycles. The number of fused-ring (bicyclic) bond motifs is 1. The van der Waals surface area contributed by atoms with Gasteiger partial charge in [-0.15, -0.1) is 0 Å². The lowest BCUT2D eigenvalue weighted by atomic mass is 10.2. The predicted molar refractivity (Wildman–Crippen MR) is 57.6 cm³/mol. The molecule has 0 atom stereocenters. The number of hydrogen-bond donors (Lipinski definition) is 0. The fourth-order valence-electron chi connectivity index (χ4n) is 2.43. The zero-order valence-electron chi connectivity index (χ0n) is 8.85. The Morgan fingerprint density at radius 1 is 1.33 bits per heavy atom. The second-order valence-electron chi connectivity index (χ2n) is 4.23. The molecule has 1 aliphatic rings. The van der Waals surface area contributed by atoms with Crippen LogP contribution in [0.2, 0.25) is 0 Å². The Labute approximate surface area is 88.3 Å². The molecular formula is C11H14N4. The smallest absolute Gasteiger partial charge is 0.161 e. The van der Waals surface area contributed by atoms with Crippen LogP contribution in [0.3, 0.4) is 0 Å². The number of aromatic nitrogens is 4. The molecule has 2 aromatic rings. The molecule has 0 amide bonds. The highest BCUT2D eigenvalue weighted by Gasteiger charge is 2.21. The Morgan fingerprint density at radius 2 is 2.13 bits per heavy atom. The summed E-state index contributed by atoms with van der Waals surface area (Å²) in [4.78, 5) is 8.39. The van der Waals surface area contributed by atoms with Crippen molar-refractivity contribution < 1.29 is 0 Å². The van der Waals surface area contributed by atoms with E-state index >= 15 is 0 Å². The van der Waals surface area contributed by atoms with E-state index in [1.54, 1.807) is 6.33 Å². The lowest BCUT2D eigenvalue weighted by molar-refractivity contribution is 0.476. The molecule has 0 N–H and O–H groups in total. The second-order valence-corrected chi connectivity index (χ2v) is 4.23. The fourth-order valence-corrected chi connectivity index (χ4v) is 2.43. The van der Waals surface area contributed by atoms with Crippen LogP contribution in [-0.4, -0.2) is 19.7 Å². The number of hydrogen-bond acceptors (Lipinski definition) is 3. The molecule has 0 spiro atoms. The summed E-state index contributed by atoms with van der Waals surface area (Å²) in [6.45, 7) is 2.02. The van der Waals surface area contributed by atoms with E-state index in [0.29, 0.717) is 6.04 Å². The van der Waals surface area contributed by atoms with Crippen LogP contribution in [0, 0.1) is 6.92 Å². The summed E-state index contributed by atoms with van der Waals surface area (Å²) in [5.41, 5.74) is 2.03. The molecule has 0 saturated heterocycles. The zero-order chi connectivity index (χ0) is 10.3. The Kier molecular flexibility index (Phi) is 1.94. The lowest BCUT2D eigenvalue weighted by Gasteiger charge is -2.09. The third kappa shape index (κ3) is 1.32. The van der Waals surface area contributed by atoms with Crippen LogP contribution in [0.25, 0.3) is 11.0 Å². The normalized spacial score (nSPS) is 17.7. The minimum atomic E-state index is 0.552. The maximum Gasteiger partial charge on any atom is 0.161 e. The molecule has 1 saturated carbocycles. The Morgan fingerprint density at radius 3 is 2.93 bits per heavy atom. The molecule has 0 radical (unpaired) electrons. The average Bonchev–Trinajstić information content (AvgIpc) is 2.87. The van der Waals surface area contributed by atoms with Gasteiger partial charge in [0.15, 0.2) is 5.65 Å². The van der Waals surface area contributed by atoms with Crippen molar-refractivity contribution in [3.05, 3.63) is 18.2 Å². The van der Waals surface area contributed by atoms with Crippen molar-refractivity contribution >= 4 is 11.0 Å². The van der Waals surface area contributed by atoms with Gasteiger partial charge in [0.2, 0.25) is 0 Å². The third-order valence-corrected chi connectivity index (χ3v) is 3.23. The molecule has 78 valence electrons. The highest BCUT2D eigenvalue weighted by molar-refractivity contribution is 5.76. The minimum absolute atomic E-state index is 0.552. The van der Waals surface area contributed by atoms with E-state index in [2.05, 4.69) is 19.7 Å². The molecular weight excluding hydrogens is 188 g/mol. The molecule has 0 unspecified atom stereocenters. The van der Waals surface area contributed by atoms with Gasteiger partial charge in [0.1, 0.15) is 6.33 Å². The maximum absolute atomic E-state index is 4.59. The van der Waals surface area contributed by atoms with Crippen molar-refractivity contribution in [3.63, 3.8) is 0 Å². The molecule has 1 aliphatic carbocycles. The van der Waals surface area contributed by atoms with E-state index in [0.717, 1.165) is 16.7 Å².